The van der Waals surface area contributed by atoms with Crippen LogP contribution in [0.2, 0.25) is 0 Å². The van der Waals surface area contributed by atoms with Crippen molar-refractivity contribution in [3.8, 4) is 22.8 Å². The highest BCUT2D eigenvalue weighted by Crippen LogP contribution is 2.35. The standard InChI is InChI=1S/C21H23N5O3/c1-13(2)17(11-27)25-21-24-16(14-5-7-22-8-6-14)10-20(26-21)23-15-3-4-18-19(9-15)29-12-28-18/h3-10,13,17,27H,11-12H2,1-2H3,(H2,23,24,25,26)/t17-/m1/s1. The number of rotatable bonds is 7. The molecule has 1 atom stereocenters. The maximum absolute atomic E-state index is 9.67. The number of hydrogen-bond donors (Lipinski definition) is 3. The zero-order valence-electron chi connectivity index (χ0n) is 16.3. The van der Waals surface area contributed by atoms with Crippen molar-refractivity contribution in [3.63, 3.8) is 0 Å². The fourth-order valence-corrected chi connectivity index (χ4v) is 2.96. The summed E-state index contributed by atoms with van der Waals surface area (Å²) in [5, 5.41) is 16.2. The van der Waals surface area contributed by atoms with Crippen LogP contribution < -0.4 is 20.1 Å². The van der Waals surface area contributed by atoms with Gasteiger partial charge in [0.15, 0.2) is 11.5 Å². The molecule has 0 bridgehead atoms. The lowest BCUT2D eigenvalue weighted by atomic mass is 10.1. The molecule has 0 saturated carbocycles. The van der Waals surface area contributed by atoms with Gasteiger partial charge >= 0.3 is 0 Å². The first kappa shape index (κ1) is 18.9. The predicted molar refractivity (Wildman–Crippen MR) is 110 cm³/mol. The molecule has 29 heavy (non-hydrogen) atoms. The van der Waals surface area contributed by atoms with Gasteiger partial charge in [0.05, 0.1) is 18.3 Å². The Morgan fingerprint density at radius 2 is 1.83 bits per heavy atom. The van der Waals surface area contributed by atoms with Crippen molar-refractivity contribution in [3.05, 3.63) is 48.8 Å². The number of ether oxygens (including phenoxy) is 2. The van der Waals surface area contributed by atoms with E-state index in [4.69, 9.17) is 9.47 Å². The molecule has 1 aliphatic heterocycles. The fraction of sp³-hybridized carbons (Fsp3) is 0.286. The normalized spacial score (nSPS) is 13.4. The fourth-order valence-electron chi connectivity index (χ4n) is 2.96. The summed E-state index contributed by atoms with van der Waals surface area (Å²) in [5.74, 6) is 2.69. The number of pyridine rings is 1. The number of nitrogens with one attached hydrogen (secondary N) is 2. The molecule has 0 radical (unpaired) electrons. The second-order valence-electron chi connectivity index (χ2n) is 7.07. The van der Waals surface area contributed by atoms with Crippen LogP contribution in [0.5, 0.6) is 11.5 Å². The van der Waals surface area contributed by atoms with Gasteiger partial charge in [-0.1, -0.05) is 13.8 Å². The number of anilines is 3. The predicted octanol–water partition coefficient (Wildman–Crippen LogP) is 3.44. The maximum atomic E-state index is 9.67. The first-order valence-corrected chi connectivity index (χ1v) is 9.46. The number of nitrogens with zero attached hydrogens (tertiary/aromatic N) is 3. The van der Waals surface area contributed by atoms with E-state index in [0.29, 0.717) is 17.5 Å². The molecule has 0 fully saturated rings. The topological polar surface area (TPSA) is 101 Å². The van der Waals surface area contributed by atoms with E-state index in [0.717, 1.165) is 22.7 Å². The minimum Gasteiger partial charge on any atom is -0.454 e. The van der Waals surface area contributed by atoms with Gasteiger partial charge in [0.2, 0.25) is 12.7 Å². The molecule has 3 aromatic rings. The zero-order chi connectivity index (χ0) is 20.2. The molecule has 1 aliphatic rings. The SMILES string of the molecule is CC(C)[C@@H](CO)Nc1nc(Nc2ccc3c(c2)OCO3)cc(-c2ccncc2)n1. The van der Waals surface area contributed by atoms with E-state index in [1.54, 1.807) is 12.4 Å². The van der Waals surface area contributed by atoms with E-state index >= 15 is 0 Å². The molecule has 0 amide bonds. The Hall–Kier alpha value is -3.39. The molecule has 0 spiro atoms. The molecule has 150 valence electrons. The molecule has 4 rings (SSSR count). The second-order valence-corrected chi connectivity index (χ2v) is 7.07. The molecule has 0 unspecified atom stereocenters. The second kappa shape index (κ2) is 8.32. The number of aliphatic hydroxyl groups is 1. The van der Waals surface area contributed by atoms with E-state index in [1.807, 2.05) is 50.2 Å². The summed E-state index contributed by atoms with van der Waals surface area (Å²) in [6.07, 6.45) is 3.44. The Balaban J connectivity index is 1.67. The van der Waals surface area contributed by atoms with Crippen molar-refractivity contribution in [2.75, 3.05) is 24.0 Å². The highest BCUT2D eigenvalue weighted by Gasteiger charge is 2.16. The molecule has 1 aromatic carbocycles. The summed E-state index contributed by atoms with van der Waals surface area (Å²) >= 11 is 0. The number of hydrogen-bond acceptors (Lipinski definition) is 8. The average Bonchev–Trinajstić information content (AvgIpc) is 3.20. The Morgan fingerprint density at radius 3 is 2.59 bits per heavy atom. The van der Waals surface area contributed by atoms with Crippen molar-refractivity contribution in [1.82, 2.24) is 15.0 Å². The van der Waals surface area contributed by atoms with Gasteiger partial charge in [-0.15, -0.1) is 0 Å². The van der Waals surface area contributed by atoms with E-state index < -0.39 is 0 Å². The zero-order valence-corrected chi connectivity index (χ0v) is 16.3. The highest BCUT2D eigenvalue weighted by molar-refractivity contribution is 5.68. The summed E-state index contributed by atoms with van der Waals surface area (Å²) in [4.78, 5) is 13.3. The average molecular weight is 393 g/mol. The number of aromatic nitrogens is 3. The number of fused-ring (bicyclic) bond motifs is 1. The first-order chi connectivity index (χ1) is 14.1. The quantitative estimate of drug-likeness (QED) is 0.561. The van der Waals surface area contributed by atoms with Gasteiger partial charge in [-0.3, -0.25) is 4.98 Å². The van der Waals surface area contributed by atoms with Crippen molar-refractivity contribution < 1.29 is 14.6 Å². The minimum atomic E-state index is -0.152. The highest BCUT2D eigenvalue weighted by atomic mass is 16.7. The lowest BCUT2D eigenvalue weighted by molar-refractivity contribution is 0.174. The first-order valence-electron chi connectivity index (χ1n) is 9.46. The van der Waals surface area contributed by atoms with Gasteiger partial charge < -0.3 is 25.2 Å². The summed E-state index contributed by atoms with van der Waals surface area (Å²) in [6, 6.07) is 11.1. The van der Waals surface area contributed by atoms with E-state index in [-0.39, 0.29) is 25.4 Å². The van der Waals surface area contributed by atoms with Gasteiger partial charge in [0.1, 0.15) is 5.82 Å². The molecule has 3 N–H and O–H groups in total. The summed E-state index contributed by atoms with van der Waals surface area (Å²) in [5.41, 5.74) is 2.49. The molecule has 0 aliphatic carbocycles. The third-order valence-corrected chi connectivity index (χ3v) is 4.66. The van der Waals surface area contributed by atoms with Gasteiger partial charge in [-0.2, -0.15) is 4.98 Å². The van der Waals surface area contributed by atoms with Crippen LogP contribution in [0, 0.1) is 5.92 Å². The van der Waals surface area contributed by atoms with Crippen molar-refractivity contribution in [2.45, 2.75) is 19.9 Å². The van der Waals surface area contributed by atoms with Crippen LogP contribution in [-0.4, -0.2) is 39.5 Å². The van der Waals surface area contributed by atoms with Gasteiger partial charge in [-0.05, 0) is 30.2 Å². The molecular weight excluding hydrogens is 370 g/mol. The van der Waals surface area contributed by atoms with Crippen LogP contribution in [0.25, 0.3) is 11.3 Å². The van der Waals surface area contributed by atoms with Crippen LogP contribution in [0.1, 0.15) is 13.8 Å². The van der Waals surface area contributed by atoms with Crippen LogP contribution >= 0.6 is 0 Å². The van der Waals surface area contributed by atoms with Crippen LogP contribution in [0.15, 0.2) is 48.8 Å². The molecule has 8 nitrogen and oxygen atoms in total. The molecular formula is C21H23N5O3. The monoisotopic (exact) mass is 393 g/mol. The lowest BCUT2D eigenvalue weighted by Gasteiger charge is -2.20. The van der Waals surface area contributed by atoms with Crippen LogP contribution in [0.4, 0.5) is 17.5 Å². The Bertz CT molecular complexity index is 981. The molecule has 3 heterocycles. The minimum absolute atomic E-state index is 0.00850. The number of aliphatic hydroxyl groups excluding tert-OH is 1. The smallest absolute Gasteiger partial charge is 0.231 e. The Morgan fingerprint density at radius 1 is 1.03 bits per heavy atom. The van der Waals surface area contributed by atoms with Crippen molar-refractivity contribution >= 4 is 17.5 Å². The summed E-state index contributed by atoms with van der Waals surface area (Å²) < 4.78 is 10.8. The van der Waals surface area contributed by atoms with Gasteiger partial charge in [-0.25, -0.2) is 4.98 Å². The van der Waals surface area contributed by atoms with E-state index in [2.05, 4.69) is 25.6 Å². The molecule has 0 saturated heterocycles. The third kappa shape index (κ3) is 4.38. The van der Waals surface area contributed by atoms with E-state index in [9.17, 15) is 5.11 Å². The van der Waals surface area contributed by atoms with Gasteiger partial charge in [0.25, 0.3) is 0 Å². The summed E-state index contributed by atoms with van der Waals surface area (Å²) in [7, 11) is 0. The van der Waals surface area contributed by atoms with Crippen LogP contribution in [0.3, 0.4) is 0 Å². The van der Waals surface area contributed by atoms with E-state index in [1.165, 1.54) is 0 Å². The summed E-state index contributed by atoms with van der Waals surface area (Å²) in [6.45, 7) is 4.29. The Labute approximate surface area is 169 Å². The lowest BCUT2D eigenvalue weighted by Crippen LogP contribution is -2.30. The largest absolute Gasteiger partial charge is 0.454 e. The molecule has 2 aromatic heterocycles. The van der Waals surface area contributed by atoms with Crippen molar-refractivity contribution in [1.29, 1.82) is 0 Å². The number of benzene rings is 1. The third-order valence-electron chi connectivity index (χ3n) is 4.66. The Kier molecular flexibility index (Phi) is 5.44. The van der Waals surface area contributed by atoms with Crippen LogP contribution in [-0.2, 0) is 0 Å². The van der Waals surface area contributed by atoms with Gasteiger partial charge in [0, 0.05) is 35.8 Å². The maximum Gasteiger partial charge on any atom is 0.231 e. The molecule has 8 heteroatoms. The van der Waals surface area contributed by atoms with Crippen molar-refractivity contribution in [2.24, 2.45) is 5.92 Å².